The quantitative estimate of drug-likeness (QED) is 0.773. The lowest BCUT2D eigenvalue weighted by Crippen LogP contribution is -2.40. The van der Waals surface area contributed by atoms with E-state index in [4.69, 9.17) is 11.5 Å². The largest absolute Gasteiger partial charge is 0.350 e. The molecule has 4 N–H and O–H groups in total. The number of fused-ring (bicyclic) bond motifs is 1. The first-order valence-electron chi connectivity index (χ1n) is 5.10. The van der Waals surface area contributed by atoms with E-state index in [-0.39, 0.29) is 0 Å². The van der Waals surface area contributed by atoms with E-state index in [0.717, 1.165) is 5.56 Å². The van der Waals surface area contributed by atoms with Crippen LogP contribution in [0.5, 0.6) is 0 Å². The van der Waals surface area contributed by atoms with Crippen LogP contribution in [0.25, 0.3) is 10.9 Å². The molecule has 0 fully saturated rings. The Morgan fingerprint density at radius 1 is 1.33 bits per heavy atom. The predicted octanol–water partition coefficient (Wildman–Crippen LogP) is 1.31. The molecule has 1 atom stereocenters. The van der Waals surface area contributed by atoms with Gasteiger partial charge in [-0.15, -0.1) is 0 Å². The molecule has 0 bridgehead atoms. The van der Waals surface area contributed by atoms with Gasteiger partial charge >= 0.3 is 0 Å². The second-order valence-corrected chi connectivity index (χ2v) is 4.29. The molecule has 3 nitrogen and oxygen atoms in total. The molecule has 15 heavy (non-hydrogen) atoms. The fraction of sp³-hybridized carbons (Fsp3) is 0.333. The summed E-state index contributed by atoms with van der Waals surface area (Å²) < 4.78 is 2.09. The van der Waals surface area contributed by atoms with Crippen molar-refractivity contribution in [2.24, 2.45) is 18.5 Å². The summed E-state index contributed by atoms with van der Waals surface area (Å²) in [6.45, 7) is 2.41. The Morgan fingerprint density at radius 3 is 2.67 bits per heavy atom. The van der Waals surface area contributed by atoms with Crippen molar-refractivity contribution in [3.8, 4) is 0 Å². The van der Waals surface area contributed by atoms with E-state index >= 15 is 0 Å². The minimum Gasteiger partial charge on any atom is -0.350 e. The minimum absolute atomic E-state index is 0.445. The number of benzene rings is 1. The minimum atomic E-state index is -0.457. The van der Waals surface area contributed by atoms with Gasteiger partial charge in [-0.1, -0.05) is 18.2 Å². The Labute approximate surface area is 89.7 Å². The molecule has 0 spiro atoms. The third kappa shape index (κ3) is 1.54. The summed E-state index contributed by atoms with van der Waals surface area (Å²) >= 11 is 0. The first-order valence-corrected chi connectivity index (χ1v) is 5.10. The molecule has 0 aliphatic rings. The number of hydrogen-bond acceptors (Lipinski definition) is 2. The number of nitrogens with zero attached hydrogens (tertiary/aromatic N) is 1. The maximum atomic E-state index is 6.18. The highest BCUT2D eigenvalue weighted by Gasteiger charge is 2.23. The van der Waals surface area contributed by atoms with Crippen molar-refractivity contribution in [3.63, 3.8) is 0 Å². The Kier molecular flexibility index (Phi) is 2.29. The van der Waals surface area contributed by atoms with Crippen LogP contribution in [0.2, 0.25) is 0 Å². The van der Waals surface area contributed by atoms with Crippen LogP contribution in [-0.2, 0) is 12.6 Å². The first-order chi connectivity index (χ1) is 7.06. The SMILES string of the molecule is Cn1cc(C(C)(N)CN)c2ccccc21. The molecule has 0 radical (unpaired) electrons. The van der Waals surface area contributed by atoms with Gasteiger partial charge in [0, 0.05) is 30.7 Å². The Balaban J connectivity index is 2.72. The molecule has 0 aliphatic heterocycles. The summed E-state index contributed by atoms with van der Waals surface area (Å²) in [4.78, 5) is 0. The van der Waals surface area contributed by atoms with Crippen LogP contribution in [0.15, 0.2) is 30.5 Å². The summed E-state index contributed by atoms with van der Waals surface area (Å²) in [5, 5.41) is 1.19. The highest BCUT2D eigenvalue weighted by molar-refractivity contribution is 5.84. The molecule has 2 aromatic rings. The number of aromatic nitrogens is 1. The van der Waals surface area contributed by atoms with E-state index in [9.17, 15) is 0 Å². The van der Waals surface area contributed by atoms with Crippen LogP contribution in [0.3, 0.4) is 0 Å². The summed E-state index contributed by atoms with van der Waals surface area (Å²) in [6.07, 6.45) is 2.07. The summed E-state index contributed by atoms with van der Waals surface area (Å²) in [6, 6.07) is 8.23. The van der Waals surface area contributed by atoms with Gasteiger partial charge in [-0.2, -0.15) is 0 Å². The number of nitrogens with two attached hydrogens (primary N) is 2. The predicted molar refractivity (Wildman–Crippen MR) is 63.5 cm³/mol. The number of hydrogen-bond donors (Lipinski definition) is 2. The van der Waals surface area contributed by atoms with Gasteiger partial charge < -0.3 is 16.0 Å². The average molecular weight is 203 g/mol. The van der Waals surface area contributed by atoms with E-state index in [1.165, 1.54) is 10.9 Å². The Morgan fingerprint density at radius 2 is 2.00 bits per heavy atom. The number of para-hydroxylation sites is 1. The van der Waals surface area contributed by atoms with E-state index in [1.54, 1.807) is 0 Å². The van der Waals surface area contributed by atoms with Gasteiger partial charge in [0.2, 0.25) is 0 Å². The van der Waals surface area contributed by atoms with Gasteiger partial charge in [-0.25, -0.2) is 0 Å². The maximum Gasteiger partial charge on any atom is 0.0526 e. The zero-order valence-corrected chi connectivity index (χ0v) is 9.20. The standard InChI is InChI=1S/C12H17N3/c1-12(14,8-13)10-7-15(2)11-6-4-3-5-9(10)11/h3-7H,8,13-14H2,1-2H3. The van der Waals surface area contributed by atoms with Crippen LogP contribution in [0, 0.1) is 0 Å². The van der Waals surface area contributed by atoms with Gasteiger partial charge in [-0.3, -0.25) is 0 Å². The van der Waals surface area contributed by atoms with Gasteiger partial charge in [0.1, 0.15) is 0 Å². The Bertz CT molecular complexity index is 483. The molecule has 1 unspecified atom stereocenters. The monoisotopic (exact) mass is 203 g/mol. The van der Waals surface area contributed by atoms with E-state index in [2.05, 4.69) is 22.9 Å². The van der Waals surface area contributed by atoms with Crippen LogP contribution >= 0.6 is 0 Å². The summed E-state index contributed by atoms with van der Waals surface area (Å²) in [5.74, 6) is 0. The smallest absolute Gasteiger partial charge is 0.0526 e. The lowest BCUT2D eigenvalue weighted by Gasteiger charge is -2.21. The fourth-order valence-electron chi connectivity index (χ4n) is 1.91. The fourth-order valence-corrected chi connectivity index (χ4v) is 1.91. The molecular weight excluding hydrogens is 186 g/mol. The number of rotatable bonds is 2. The topological polar surface area (TPSA) is 57.0 Å². The zero-order valence-electron chi connectivity index (χ0n) is 9.20. The van der Waals surface area contributed by atoms with Crippen molar-refractivity contribution in [3.05, 3.63) is 36.0 Å². The van der Waals surface area contributed by atoms with Crippen LogP contribution < -0.4 is 11.5 Å². The second-order valence-electron chi connectivity index (χ2n) is 4.29. The van der Waals surface area contributed by atoms with Crippen molar-refractivity contribution in [2.45, 2.75) is 12.5 Å². The molecule has 2 rings (SSSR count). The van der Waals surface area contributed by atoms with Gasteiger partial charge in [0.25, 0.3) is 0 Å². The van der Waals surface area contributed by atoms with Gasteiger partial charge in [0.15, 0.2) is 0 Å². The molecule has 0 amide bonds. The molecule has 0 saturated carbocycles. The molecule has 1 heterocycles. The first kappa shape index (κ1) is 10.2. The normalized spacial score (nSPS) is 15.5. The van der Waals surface area contributed by atoms with Crippen LogP contribution in [0.4, 0.5) is 0 Å². The van der Waals surface area contributed by atoms with Crippen molar-refractivity contribution >= 4 is 10.9 Å². The van der Waals surface area contributed by atoms with Crippen molar-refractivity contribution in [1.82, 2.24) is 4.57 Å². The second kappa shape index (κ2) is 3.36. The zero-order chi connectivity index (χ0) is 11.1. The molecule has 3 heteroatoms. The molecule has 0 aliphatic carbocycles. The third-order valence-corrected chi connectivity index (χ3v) is 2.94. The molecule has 0 saturated heterocycles. The Hall–Kier alpha value is -1.32. The molecule has 80 valence electrons. The van der Waals surface area contributed by atoms with Crippen LogP contribution in [0.1, 0.15) is 12.5 Å². The van der Waals surface area contributed by atoms with E-state index in [1.807, 2.05) is 26.1 Å². The highest BCUT2D eigenvalue weighted by atomic mass is 14.9. The average Bonchev–Trinajstić information content (AvgIpc) is 2.58. The van der Waals surface area contributed by atoms with Crippen molar-refractivity contribution in [1.29, 1.82) is 0 Å². The maximum absolute atomic E-state index is 6.18. The van der Waals surface area contributed by atoms with E-state index in [0.29, 0.717) is 6.54 Å². The third-order valence-electron chi connectivity index (χ3n) is 2.94. The summed E-state index contributed by atoms with van der Waals surface area (Å²) in [7, 11) is 2.03. The van der Waals surface area contributed by atoms with Crippen molar-refractivity contribution < 1.29 is 0 Å². The summed E-state index contributed by atoms with van der Waals surface area (Å²) in [5.41, 5.74) is 13.7. The van der Waals surface area contributed by atoms with Gasteiger partial charge in [0.05, 0.1) is 5.54 Å². The molecule has 1 aromatic carbocycles. The lowest BCUT2D eigenvalue weighted by molar-refractivity contribution is 0.511. The highest BCUT2D eigenvalue weighted by Crippen LogP contribution is 2.27. The van der Waals surface area contributed by atoms with Crippen LogP contribution in [-0.4, -0.2) is 11.1 Å². The molecule has 1 aromatic heterocycles. The van der Waals surface area contributed by atoms with Crippen molar-refractivity contribution in [2.75, 3.05) is 6.54 Å². The van der Waals surface area contributed by atoms with Gasteiger partial charge in [-0.05, 0) is 18.6 Å². The van der Waals surface area contributed by atoms with E-state index < -0.39 is 5.54 Å². The lowest BCUT2D eigenvalue weighted by atomic mass is 9.93. The molecular formula is C12H17N3. The number of aryl methyl sites for hydroxylation is 1.